The molecule has 1 aliphatic rings. The number of hydrogen-bond donors (Lipinski definition) is 1. The standard InChI is InChI=1S/C16H17N3O2S/c1-21-13-4-2-3-11(9-13)14-7-8-16(19-18-14)22-10-15(20)17-12-5-6-12/h2-4,7-9,12H,5-6,10H2,1H3,(H,17,20). The van der Waals surface area contributed by atoms with Gasteiger partial charge in [-0.25, -0.2) is 0 Å². The molecule has 0 saturated heterocycles. The van der Waals surface area contributed by atoms with Gasteiger partial charge >= 0.3 is 0 Å². The quantitative estimate of drug-likeness (QED) is 0.830. The molecular formula is C16H17N3O2S. The predicted molar refractivity (Wildman–Crippen MR) is 85.9 cm³/mol. The minimum atomic E-state index is 0.0613. The zero-order valence-electron chi connectivity index (χ0n) is 12.3. The highest BCUT2D eigenvalue weighted by atomic mass is 32.2. The Morgan fingerprint density at radius 1 is 1.32 bits per heavy atom. The fourth-order valence-corrected chi connectivity index (χ4v) is 2.60. The first kappa shape index (κ1) is 14.8. The summed E-state index contributed by atoms with van der Waals surface area (Å²) in [5, 5.41) is 12.1. The lowest BCUT2D eigenvalue weighted by atomic mass is 10.1. The largest absolute Gasteiger partial charge is 0.497 e. The minimum Gasteiger partial charge on any atom is -0.497 e. The average Bonchev–Trinajstić information content (AvgIpc) is 3.37. The second-order valence-electron chi connectivity index (χ2n) is 5.12. The number of rotatable bonds is 6. The molecule has 1 aromatic carbocycles. The third-order valence-corrected chi connectivity index (χ3v) is 4.22. The van der Waals surface area contributed by atoms with Gasteiger partial charge in [0, 0.05) is 11.6 Å². The molecule has 1 aromatic heterocycles. The highest BCUT2D eigenvalue weighted by Gasteiger charge is 2.23. The van der Waals surface area contributed by atoms with E-state index in [9.17, 15) is 4.79 Å². The molecule has 1 aliphatic carbocycles. The van der Waals surface area contributed by atoms with Gasteiger partial charge in [-0.3, -0.25) is 4.79 Å². The van der Waals surface area contributed by atoms with E-state index >= 15 is 0 Å². The zero-order chi connectivity index (χ0) is 15.4. The van der Waals surface area contributed by atoms with E-state index in [1.54, 1.807) is 7.11 Å². The summed E-state index contributed by atoms with van der Waals surface area (Å²) in [7, 11) is 1.64. The Balaban J connectivity index is 1.60. The second-order valence-corrected chi connectivity index (χ2v) is 6.11. The number of thioether (sulfide) groups is 1. The van der Waals surface area contributed by atoms with E-state index in [2.05, 4.69) is 15.5 Å². The van der Waals surface area contributed by atoms with E-state index in [0.717, 1.165) is 34.9 Å². The molecule has 1 amide bonds. The van der Waals surface area contributed by atoms with Crippen LogP contribution in [0.4, 0.5) is 0 Å². The van der Waals surface area contributed by atoms with Crippen LogP contribution in [-0.2, 0) is 4.79 Å². The molecule has 3 rings (SSSR count). The van der Waals surface area contributed by atoms with Crippen LogP contribution in [0.25, 0.3) is 11.3 Å². The number of nitrogens with one attached hydrogen (secondary N) is 1. The van der Waals surface area contributed by atoms with Crippen molar-refractivity contribution < 1.29 is 9.53 Å². The molecule has 0 unspecified atom stereocenters. The molecule has 1 saturated carbocycles. The van der Waals surface area contributed by atoms with Gasteiger partial charge in [0.2, 0.25) is 5.91 Å². The number of aromatic nitrogens is 2. The molecule has 0 bridgehead atoms. The van der Waals surface area contributed by atoms with E-state index in [1.807, 2.05) is 36.4 Å². The minimum absolute atomic E-state index is 0.0613. The fraction of sp³-hybridized carbons (Fsp3) is 0.312. The summed E-state index contributed by atoms with van der Waals surface area (Å²) in [5.74, 6) is 1.23. The summed E-state index contributed by atoms with van der Waals surface area (Å²) in [6.45, 7) is 0. The van der Waals surface area contributed by atoms with Crippen LogP contribution in [-0.4, -0.2) is 35.0 Å². The Morgan fingerprint density at radius 3 is 2.86 bits per heavy atom. The highest BCUT2D eigenvalue weighted by Crippen LogP contribution is 2.23. The number of carbonyl (C=O) groups is 1. The molecular weight excluding hydrogens is 298 g/mol. The van der Waals surface area contributed by atoms with Crippen LogP contribution in [0, 0.1) is 0 Å². The first-order valence-electron chi connectivity index (χ1n) is 7.15. The molecule has 1 heterocycles. The number of amides is 1. The molecule has 0 radical (unpaired) electrons. The lowest BCUT2D eigenvalue weighted by Crippen LogP contribution is -2.27. The van der Waals surface area contributed by atoms with Gasteiger partial charge in [-0.05, 0) is 37.1 Å². The maximum atomic E-state index is 11.6. The van der Waals surface area contributed by atoms with Gasteiger partial charge in [-0.1, -0.05) is 23.9 Å². The van der Waals surface area contributed by atoms with Crippen molar-refractivity contribution in [3.05, 3.63) is 36.4 Å². The smallest absolute Gasteiger partial charge is 0.230 e. The number of methoxy groups -OCH3 is 1. The summed E-state index contributed by atoms with van der Waals surface area (Å²) in [4.78, 5) is 11.6. The van der Waals surface area contributed by atoms with Crippen LogP contribution in [0.1, 0.15) is 12.8 Å². The van der Waals surface area contributed by atoms with E-state index in [4.69, 9.17) is 4.74 Å². The molecule has 22 heavy (non-hydrogen) atoms. The first-order valence-corrected chi connectivity index (χ1v) is 8.13. The van der Waals surface area contributed by atoms with Crippen LogP contribution < -0.4 is 10.1 Å². The molecule has 1 fully saturated rings. The van der Waals surface area contributed by atoms with Gasteiger partial charge in [0.15, 0.2) is 0 Å². The van der Waals surface area contributed by atoms with E-state index in [-0.39, 0.29) is 5.91 Å². The predicted octanol–water partition coefficient (Wildman–Crippen LogP) is 2.52. The van der Waals surface area contributed by atoms with Gasteiger partial charge in [-0.15, -0.1) is 10.2 Å². The monoisotopic (exact) mass is 315 g/mol. The van der Waals surface area contributed by atoms with Crippen molar-refractivity contribution in [2.45, 2.75) is 23.9 Å². The summed E-state index contributed by atoms with van der Waals surface area (Å²) < 4.78 is 5.20. The third-order valence-electron chi connectivity index (χ3n) is 3.30. The van der Waals surface area contributed by atoms with Crippen molar-refractivity contribution >= 4 is 17.7 Å². The molecule has 0 spiro atoms. The second kappa shape index (κ2) is 6.79. The molecule has 0 aliphatic heterocycles. The Bertz CT molecular complexity index is 657. The van der Waals surface area contributed by atoms with Gasteiger partial charge < -0.3 is 10.1 Å². The average molecular weight is 315 g/mol. The first-order chi connectivity index (χ1) is 10.7. The Labute approximate surface area is 133 Å². The Kier molecular flexibility index (Phi) is 4.58. The normalized spacial score (nSPS) is 13.7. The fourth-order valence-electron chi connectivity index (χ4n) is 1.97. The van der Waals surface area contributed by atoms with Gasteiger partial charge in [0.25, 0.3) is 0 Å². The summed E-state index contributed by atoms with van der Waals surface area (Å²) in [5.41, 5.74) is 1.74. The van der Waals surface area contributed by atoms with Crippen molar-refractivity contribution in [2.75, 3.05) is 12.9 Å². The van der Waals surface area contributed by atoms with Crippen molar-refractivity contribution in [3.8, 4) is 17.0 Å². The highest BCUT2D eigenvalue weighted by molar-refractivity contribution is 7.99. The summed E-state index contributed by atoms with van der Waals surface area (Å²) in [6.07, 6.45) is 2.21. The van der Waals surface area contributed by atoms with Crippen molar-refractivity contribution in [2.24, 2.45) is 0 Å². The number of carbonyl (C=O) groups excluding carboxylic acids is 1. The van der Waals surface area contributed by atoms with E-state index in [0.29, 0.717) is 11.8 Å². The number of hydrogen-bond acceptors (Lipinski definition) is 5. The van der Waals surface area contributed by atoms with Crippen LogP contribution in [0.15, 0.2) is 41.4 Å². The van der Waals surface area contributed by atoms with Crippen molar-refractivity contribution in [1.82, 2.24) is 15.5 Å². The summed E-state index contributed by atoms with van der Waals surface area (Å²) in [6, 6.07) is 11.9. The van der Waals surface area contributed by atoms with Gasteiger partial charge in [0.05, 0.1) is 18.6 Å². The van der Waals surface area contributed by atoms with E-state index in [1.165, 1.54) is 11.8 Å². The van der Waals surface area contributed by atoms with Gasteiger partial charge in [0.1, 0.15) is 10.8 Å². The number of nitrogens with zero attached hydrogens (tertiary/aromatic N) is 2. The van der Waals surface area contributed by atoms with E-state index < -0.39 is 0 Å². The number of benzene rings is 1. The molecule has 6 heteroatoms. The third kappa shape index (κ3) is 3.98. The molecule has 1 N–H and O–H groups in total. The molecule has 114 valence electrons. The molecule has 0 atom stereocenters. The molecule has 2 aromatic rings. The van der Waals surface area contributed by atoms with Crippen molar-refractivity contribution in [1.29, 1.82) is 0 Å². The zero-order valence-corrected chi connectivity index (χ0v) is 13.1. The SMILES string of the molecule is COc1cccc(-c2ccc(SCC(=O)NC3CC3)nn2)c1. The van der Waals surface area contributed by atoms with Crippen LogP contribution in [0.2, 0.25) is 0 Å². The number of ether oxygens (including phenoxy) is 1. The lowest BCUT2D eigenvalue weighted by Gasteiger charge is -2.05. The topological polar surface area (TPSA) is 64.1 Å². The van der Waals surface area contributed by atoms with Crippen LogP contribution in [0.3, 0.4) is 0 Å². The Hall–Kier alpha value is -2.08. The molecule has 5 nitrogen and oxygen atoms in total. The van der Waals surface area contributed by atoms with Gasteiger partial charge in [-0.2, -0.15) is 0 Å². The van der Waals surface area contributed by atoms with Crippen LogP contribution >= 0.6 is 11.8 Å². The maximum Gasteiger partial charge on any atom is 0.230 e. The maximum absolute atomic E-state index is 11.6. The van der Waals surface area contributed by atoms with Crippen molar-refractivity contribution in [3.63, 3.8) is 0 Å². The van der Waals surface area contributed by atoms with Crippen LogP contribution in [0.5, 0.6) is 5.75 Å². The summed E-state index contributed by atoms with van der Waals surface area (Å²) >= 11 is 1.40. The Morgan fingerprint density at radius 2 is 2.18 bits per heavy atom. The lowest BCUT2D eigenvalue weighted by molar-refractivity contribution is -0.118.